The summed E-state index contributed by atoms with van der Waals surface area (Å²) < 4.78 is 10.8. The first-order valence-corrected chi connectivity index (χ1v) is 17.5. The third-order valence-electron chi connectivity index (χ3n) is 9.45. The maximum Gasteiger partial charge on any atom is 0.335 e. The minimum absolute atomic E-state index is 0.0196. The number of carboxylic acids is 1. The number of aliphatic hydroxyl groups is 3. The number of hydrogen-bond donors (Lipinski definition) is 7. The van der Waals surface area contributed by atoms with Crippen molar-refractivity contribution in [1.29, 1.82) is 0 Å². The molecule has 1 aromatic rings. The number of Topliss-reactive ketones (excluding diaryl/α,β-unsaturated/α-hetero) is 2. The lowest BCUT2D eigenvalue weighted by molar-refractivity contribution is -0.228. The van der Waals surface area contributed by atoms with Crippen LogP contribution in [0.4, 0.5) is 5.69 Å². The number of carbonyl (C=O) groups is 7. The highest BCUT2D eigenvalue weighted by atomic mass is 16.6. The first-order chi connectivity index (χ1) is 24.4. The smallest absolute Gasteiger partial charge is 0.335 e. The standard InChI is InChI=1S/C36H51N3O13/c1-7-19-13-24(40)23(28(19)42)14-26(41)39-27(16(2)3)34(47)37-18(6)33(46)38-22-10-8-21(15-51-36(50)17(4)5)20(12-22)9-11-25-29(43)30(44)31(45)32(52-25)35(48)49/h8,10,12,16-19,23,25,27,29-32,43-45H,7,9,11,13-15H2,1-6H3,(H,37,47)(H,38,46)(H,39,41)(H,48,49)/t18-,19?,23?,25-,27-,29-,30+,31-,32-/m0/s1. The van der Waals surface area contributed by atoms with Gasteiger partial charge >= 0.3 is 11.9 Å². The monoisotopic (exact) mass is 733 g/mol. The van der Waals surface area contributed by atoms with Crippen molar-refractivity contribution in [1.82, 2.24) is 10.6 Å². The van der Waals surface area contributed by atoms with Crippen LogP contribution in [-0.2, 0) is 56.1 Å². The molecule has 2 unspecified atom stereocenters. The molecule has 9 atom stereocenters. The SMILES string of the molecule is CCC1CC(=O)C(CC(=O)N[C@H](C(=O)N[C@@H](C)C(=O)Nc2ccc(COC(=O)C(C)C)c(CC[C@@H]3O[C@H](C(=O)O)[C@@H](O)[C@H](O)[C@H]3O)c2)C(C)C)C1=O. The maximum atomic E-state index is 13.2. The highest BCUT2D eigenvalue weighted by Crippen LogP contribution is 2.29. The number of nitrogens with one attached hydrogen (secondary N) is 3. The van der Waals surface area contributed by atoms with E-state index in [2.05, 4.69) is 16.0 Å². The first kappa shape index (κ1) is 42.2. The summed E-state index contributed by atoms with van der Waals surface area (Å²) in [6.45, 7) is 9.83. The van der Waals surface area contributed by atoms with E-state index in [-0.39, 0.29) is 49.5 Å². The van der Waals surface area contributed by atoms with E-state index in [1.165, 1.54) is 6.92 Å². The zero-order valence-electron chi connectivity index (χ0n) is 30.3. The van der Waals surface area contributed by atoms with Crippen LogP contribution in [-0.4, -0.2) is 104 Å². The third kappa shape index (κ3) is 10.6. The molecule has 3 amide bonds. The second kappa shape index (κ2) is 18.5. The molecule has 16 nitrogen and oxygen atoms in total. The second-order valence-electron chi connectivity index (χ2n) is 14.1. The molecule has 288 valence electrons. The van der Waals surface area contributed by atoms with Crippen LogP contribution < -0.4 is 16.0 Å². The largest absolute Gasteiger partial charge is 0.479 e. The summed E-state index contributed by atoms with van der Waals surface area (Å²) in [6, 6.07) is 2.58. The number of aliphatic hydroxyl groups excluding tert-OH is 3. The molecule has 1 saturated heterocycles. The summed E-state index contributed by atoms with van der Waals surface area (Å²) in [5.74, 6) is -6.67. The predicted octanol–water partition coefficient (Wildman–Crippen LogP) is 0.412. The Morgan fingerprint density at radius 1 is 0.923 bits per heavy atom. The molecule has 0 radical (unpaired) electrons. The summed E-state index contributed by atoms with van der Waals surface area (Å²) in [7, 11) is 0. The fourth-order valence-corrected chi connectivity index (χ4v) is 6.14. The second-order valence-corrected chi connectivity index (χ2v) is 14.1. The van der Waals surface area contributed by atoms with Crippen molar-refractivity contribution < 1.29 is 63.5 Å². The number of carboxylic acid groups (broad SMARTS) is 1. The lowest BCUT2D eigenvalue weighted by atomic mass is 9.91. The van der Waals surface area contributed by atoms with E-state index in [0.717, 1.165) is 0 Å². The molecule has 0 bridgehead atoms. The minimum atomic E-state index is -1.84. The van der Waals surface area contributed by atoms with E-state index in [9.17, 15) is 54.0 Å². The molecule has 1 saturated carbocycles. The Hall–Kier alpha value is -4.25. The Kier molecular flexibility index (Phi) is 15.0. The molecule has 7 N–H and O–H groups in total. The van der Waals surface area contributed by atoms with E-state index in [0.29, 0.717) is 17.5 Å². The fourth-order valence-electron chi connectivity index (χ4n) is 6.14. The summed E-state index contributed by atoms with van der Waals surface area (Å²) in [5, 5.41) is 48.0. The maximum absolute atomic E-state index is 13.2. The number of amides is 3. The summed E-state index contributed by atoms with van der Waals surface area (Å²) in [6.07, 6.45) is -7.82. The Morgan fingerprint density at radius 2 is 1.60 bits per heavy atom. The van der Waals surface area contributed by atoms with Crippen LogP contribution >= 0.6 is 0 Å². The number of rotatable bonds is 16. The van der Waals surface area contributed by atoms with Gasteiger partial charge in [0.2, 0.25) is 17.7 Å². The number of benzene rings is 1. The molecule has 52 heavy (non-hydrogen) atoms. The summed E-state index contributed by atoms with van der Waals surface area (Å²) in [4.78, 5) is 87.8. The lowest BCUT2D eigenvalue weighted by Gasteiger charge is -2.39. The molecule has 0 spiro atoms. The molecule has 2 fully saturated rings. The molecule has 0 aromatic heterocycles. The van der Waals surface area contributed by atoms with Crippen molar-refractivity contribution in [2.24, 2.45) is 23.7 Å². The Balaban J connectivity index is 1.70. The Bertz CT molecular complexity index is 1510. The molecule has 1 aromatic carbocycles. The van der Waals surface area contributed by atoms with Gasteiger partial charge in [-0.3, -0.25) is 28.8 Å². The van der Waals surface area contributed by atoms with E-state index in [1.807, 2.05) is 0 Å². The van der Waals surface area contributed by atoms with Crippen molar-refractivity contribution in [2.75, 3.05) is 5.32 Å². The van der Waals surface area contributed by atoms with Gasteiger partial charge in [0.15, 0.2) is 6.10 Å². The van der Waals surface area contributed by atoms with Gasteiger partial charge in [-0.1, -0.05) is 40.7 Å². The van der Waals surface area contributed by atoms with E-state index >= 15 is 0 Å². The predicted molar refractivity (Wildman–Crippen MR) is 183 cm³/mol. The van der Waals surface area contributed by atoms with Crippen LogP contribution in [0.1, 0.15) is 78.4 Å². The van der Waals surface area contributed by atoms with Gasteiger partial charge in [0, 0.05) is 24.4 Å². The number of anilines is 1. The lowest BCUT2D eigenvalue weighted by Crippen LogP contribution is -2.59. The van der Waals surface area contributed by atoms with E-state index in [4.69, 9.17) is 9.47 Å². The molecule has 1 heterocycles. The molecule has 3 rings (SSSR count). The highest BCUT2D eigenvalue weighted by molar-refractivity contribution is 6.12. The van der Waals surface area contributed by atoms with Gasteiger partial charge < -0.3 is 45.9 Å². The van der Waals surface area contributed by atoms with Crippen LogP contribution in [0.15, 0.2) is 18.2 Å². The highest BCUT2D eigenvalue weighted by Gasteiger charge is 2.46. The number of ether oxygens (including phenoxy) is 2. The molecule has 1 aliphatic carbocycles. The Morgan fingerprint density at radius 3 is 2.17 bits per heavy atom. The van der Waals surface area contributed by atoms with Crippen LogP contribution in [0.25, 0.3) is 0 Å². The fraction of sp³-hybridized carbons (Fsp3) is 0.639. The molecule has 1 aliphatic heterocycles. The number of esters is 1. The van der Waals surface area contributed by atoms with Gasteiger partial charge in [-0.05, 0) is 55.4 Å². The van der Waals surface area contributed by atoms with E-state index in [1.54, 1.807) is 52.8 Å². The van der Waals surface area contributed by atoms with E-state index < -0.39 is 95.9 Å². The average Bonchev–Trinajstić information content (AvgIpc) is 3.35. The number of aryl methyl sites for hydroxylation is 1. The van der Waals surface area contributed by atoms with Crippen molar-refractivity contribution in [2.45, 2.75) is 123 Å². The van der Waals surface area contributed by atoms with Gasteiger partial charge in [-0.25, -0.2) is 4.79 Å². The van der Waals surface area contributed by atoms with Gasteiger partial charge in [-0.15, -0.1) is 0 Å². The van der Waals surface area contributed by atoms with Crippen LogP contribution in [0.3, 0.4) is 0 Å². The van der Waals surface area contributed by atoms with Gasteiger partial charge in [0.25, 0.3) is 0 Å². The third-order valence-corrected chi connectivity index (χ3v) is 9.45. The summed E-state index contributed by atoms with van der Waals surface area (Å²) >= 11 is 0. The van der Waals surface area contributed by atoms with Crippen LogP contribution in [0.5, 0.6) is 0 Å². The van der Waals surface area contributed by atoms with Gasteiger partial charge in [0.05, 0.1) is 17.9 Å². The zero-order valence-corrected chi connectivity index (χ0v) is 30.3. The molecular weight excluding hydrogens is 682 g/mol. The minimum Gasteiger partial charge on any atom is -0.479 e. The molecular formula is C36H51N3O13. The number of hydrogen-bond acceptors (Lipinski definition) is 12. The topological polar surface area (TPSA) is 255 Å². The number of aliphatic carboxylic acids is 1. The summed E-state index contributed by atoms with van der Waals surface area (Å²) in [5.41, 5.74) is 1.35. The van der Waals surface area contributed by atoms with Crippen molar-refractivity contribution in [3.63, 3.8) is 0 Å². The van der Waals surface area contributed by atoms with Crippen molar-refractivity contribution in [3.8, 4) is 0 Å². The zero-order chi connectivity index (χ0) is 39.0. The molecule has 2 aliphatic rings. The normalized spacial score (nSPS) is 25.8. The van der Waals surface area contributed by atoms with Crippen LogP contribution in [0, 0.1) is 23.7 Å². The van der Waals surface area contributed by atoms with Gasteiger partial charge in [0.1, 0.15) is 48.6 Å². The number of carbonyl (C=O) groups excluding carboxylic acids is 6. The van der Waals surface area contributed by atoms with Crippen LogP contribution in [0.2, 0.25) is 0 Å². The quantitative estimate of drug-likeness (QED) is 0.0899. The average molecular weight is 734 g/mol. The van der Waals surface area contributed by atoms with Crippen molar-refractivity contribution in [3.05, 3.63) is 29.3 Å². The number of ketones is 2. The van der Waals surface area contributed by atoms with Gasteiger partial charge in [-0.2, -0.15) is 0 Å². The van der Waals surface area contributed by atoms with Crippen molar-refractivity contribution >= 4 is 46.9 Å². The first-order valence-electron chi connectivity index (χ1n) is 17.5. The Labute approximate surface area is 302 Å². The molecule has 16 heteroatoms.